The summed E-state index contributed by atoms with van der Waals surface area (Å²) < 4.78 is 1.52. The van der Waals surface area contributed by atoms with Crippen molar-refractivity contribution in [3.8, 4) is 0 Å². The van der Waals surface area contributed by atoms with Gasteiger partial charge in [0.15, 0.2) is 0 Å². The smallest absolute Gasteiger partial charge is 0.307 e. The van der Waals surface area contributed by atoms with E-state index in [2.05, 4.69) is 50.4 Å². The molecule has 0 saturated heterocycles. The van der Waals surface area contributed by atoms with Gasteiger partial charge in [-0.15, -0.1) is 0 Å². The molecule has 4 nitrogen and oxygen atoms in total. The molecule has 1 unspecified atom stereocenters. The van der Waals surface area contributed by atoms with Gasteiger partial charge in [0.05, 0.1) is 6.04 Å². The van der Waals surface area contributed by atoms with E-state index in [0.717, 1.165) is 35.4 Å². The molecule has 1 aromatic carbocycles. The average Bonchev–Trinajstić information content (AvgIpc) is 2.85. The Labute approximate surface area is 147 Å². The topological polar surface area (TPSA) is 51.1 Å². The van der Waals surface area contributed by atoms with Crippen molar-refractivity contribution < 1.29 is 4.79 Å². The number of aromatic nitrogens is 1. The Morgan fingerprint density at radius 1 is 1.25 bits per heavy atom. The molecule has 0 spiro atoms. The molecular weight excluding hydrogens is 320 g/mol. The Hall–Kier alpha value is -1.88. The van der Waals surface area contributed by atoms with Crippen LogP contribution in [0.1, 0.15) is 50.1 Å². The lowest BCUT2D eigenvalue weighted by Gasteiger charge is -2.23. The van der Waals surface area contributed by atoms with Crippen LogP contribution in [0.25, 0.3) is 0 Å². The molecule has 1 amide bonds. The third-order valence-electron chi connectivity index (χ3n) is 4.14. The van der Waals surface area contributed by atoms with E-state index in [-0.39, 0.29) is 29.3 Å². The molecule has 0 aliphatic rings. The van der Waals surface area contributed by atoms with Gasteiger partial charge in [-0.05, 0) is 30.4 Å². The fraction of sp³-hybridized carbons (Fsp3) is 0.474. The lowest BCUT2D eigenvalue weighted by molar-refractivity contribution is -0.122. The number of hydrogen-bond donors (Lipinski definition) is 1. The number of thiazole rings is 1. The molecule has 2 rings (SSSR count). The van der Waals surface area contributed by atoms with Gasteiger partial charge in [-0.1, -0.05) is 62.8 Å². The highest BCUT2D eigenvalue weighted by Crippen LogP contribution is 2.22. The van der Waals surface area contributed by atoms with Crippen molar-refractivity contribution in [2.75, 3.05) is 0 Å². The summed E-state index contributed by atoms with van der Waals surface area (Å²) in [5.74, 6) is 0.140. The van der Waals surface area contributed by atoms with Crippen molar-refractivity contribution in [3.05, 3.63) is 56.1 Å². The molecule has 0 bridgehead atoms. The van der Waals surface area contributed by atoms with Gasteiger partial charge in [0.25, 0.3) is 0 Å². The quantitative estimate of drug-likeness (QED) is 0.831. The van der Waals surface area contributed by atoms with Crippen LogP contribution in [0, 0.1) is 12.8 Å². The summed E-state index contributed by atoms with van der Waals surface area (Å²) in [6, 6.07) is 8.40. The van der Waals surface area contributed by atoms with E-state index in [1.807, 2.05) is 6.92 Å². The fourth-order valence-corrected chi connectivity index (χ4v) is 3.51. The molecule has 1 aromatic heterocycles. The third kappa shape index (κ3) is 4.57. The molecule has 0 aliphatic carbocycles. The van der Waals surface area contributed by atoms with Crippen molar-refractivity contribution in [1.29, 1.82) is 0 Å². The van der Waals surface area contributed by atoms with E-state index >= 15 is 0 Å². The molecule has 1 atom stereocenters. The van der Waals surface area contributed by atoms with E-state index < -0.39 is 0 Å². The molecule has 5 heteroatoms. The van der Waals surface area contributed by atoms with Gasteiger partial charge in [0.2, 0.25) is 5.91 Å². The molecule has 0 aliphatic heterocycles. The largest absolute Gasteiger partial charge is 0.347 e. The second-order valence-electron chi connectivity index (χ2n) is 6.51. The molecule has 1 N–H and O–H groups in total. The highest BCUT2D eigenvalue weighted by Gasteiger charge is 2.19. The summed E-state index contributed by atoms with van der Waals surface area (Å²) >= 11 is 1.13. The summed E-state index contributed by atoms with van der Waals surface area (Å²) in [6.45, 7) is 8.27. The summed E-state index contributed by atoms with van der Waals surface area (Å²) in [5, 5.41) is 4.86. The van der Waals surface area contributed by atoms with Crippen LogP contribution in [0.4, 0.5) is 0 Å². The minimum Gasteiger partial charge on any atom is -0.347 e. The van der Waals surface area contributed by atoms with Crippen LogP contribution in [0.2, 0.25) is 0 Å². The Kier molecular flexibility index (Phi) is 6.37. The summed E-state index contributed by atoms with van der Waals surface area (Å²) in [6.07, 6.45) is 2.19. The first kappa shape index (κ1) is 18.5. The Bertz CT molecular complexity index is 729. The second-order valence-corrected chi connectivity index (χ2v) is 7.33. The van der Waals surface area contributed by atoms with Crippen molar-refractivity contribution in [3.63, 3.8) is 0 Å². The Balaban J connectivity index is 2.10. The highest BCUT2D eigenvalue weighted by atomic mass is 32.1. The number of amides is 1. The molecule has 130 valence electrons. The van der Waals surface area contributed by atoms with Crippen LogP contribution >= 0.6 is 11.3 Å². The minimum absolute atomic E-state index is 0.0529. The zero-order valence-electron chi connectivity index (χ0n) is 14.8. The number of rotatable bonds is 7. The van der Waals surface area contributed by atoms with Gasteiger partial charge in [0.1, 0.15) is 6.54 Å². The van der Waals surface area contributed by atoms with Crippen LogP contribution in [0.15, 0.2) is 34.4 Å². The molecule has 0 radical (unpaired) electrons. The van der Waals surface area contributed by atoms with Gasteiger partial charge in [0, 0.05) is 11.1 Å². The van der Waals surface area contributed by atoms with E-state index in [4.69, 9.17) is 0 Å². The van der Waals surface area contributed by atoms with E-state index in [1.165, 1.54) is 10.1 Å². The third-order valence-corrected chi connectivity index (χ3v) is 5.02. The SMILES string of the molecule is CCCc1ccc(C(NC(=O)Cn2c(C)csc2=O)C(C)C)cc1. The number of carbonyl (C=O) groups is 1. The molecular formula is C19H26N2O2S. The maximum atomic E-state index is 12.4. The summed E-state index contributed by atoms with van der Waals surface area (Å²) in [4.78, 5) is 24.1. The van der Waals surface area contributed by atoms with Crippen LogP contribution in [-0.4, -0.2) is 10.5 Å². The highest BCUT2D eigenvalue weighted by molar-refractivity contribution is 7.07. The van der Waals surface area contributed by atoms with Gasteiger partial charge in [-0.25, -0.2) is 0 Å². The second kappa shape index (κ2) is 8.29. The van der Waals surface area contributed by atoms with E-state index in [9.17, 15) is 9.59 Å². The van der Waals surface area contributed by atoms with Gasteiger partial charge in [-0.3, -0.25) is 14.2 Å². The summed E-state index contributed by atoms with van der Waals surface area (Å²) in [5.41, 5.74) is 3.24. The van der Waals surface area contributed by atoms with Crippen molar-refractivity contribution >= 4 is 17.2 Å². The molecule has 0 saturated carbocycles. The first-order chi connectivity index (χ1) is 11.4. The molecule has 0 fully saturated rings. The predicted molar refractivity (Wildman–Crippen MR) is 99.5 cm³/mol. The van der Waals surface area contributed by atoms with E-state index in [0.29, 0.717) is 0 Å². The normalized spacial score (nSPS) is 12.4. The van der Waals surface area contributed by atoms with Crippen LogP contribution in [0.3, 0.4) is 0 Å². The lowest BCUT2D eigenvalue weighted by atomic mass is 9.94. The zero-order valence-corrected chi connectivity index (χ0v) is 15.7. The Morgan fingerprint density at radius 2 is 1.92 bits per heavy atom. The zero-order chi connectivity index (χ0) is 17.7. The number of benzene rings is 1. The minimum atomic E-state index is -0.130. The number of nitrogens with zero attached hydrogens (tertiary/aromatic N) is 1. The van der Waals surface area contributed by atoms with Crippen molar-refractivity contribution in [2.45, 2.75) is 53.1 Å². The Morgan fingerprint density at radius 3 is 2.42 bits per heavy atom. The van der Waals surface area contributed by atoms with Gasteiger partial charge in [-0.2, -0.15) is 0 Å². The molecule has 24 heavy (non-hydrogen) atoms. The number of carbonyl (C=O) groups excluding carboxylic acids is 1. The summed E-state index contributed by atoms with van der Waals surface area (Å²) in [7, 11) is 0. The van der Waals surface area contributed by atoms with E-state index in [1.54, 1.807) is 5.38 Å². The predicted octanol–water partition coefficient (Wildman–Crippen LogP) is 3.68. The van der Waals surface area contributed by atoms with Crippen LogP contribution < -0.4 is 10.2 Å². The maximum absolute atomic E-state index is 12.4. The first-order valence-electron chi connectivity index (χ1n) is 8.45. The molecule has 1 heterocycles. The molecule has 2 aromatic rings. The number of aryl methyl sites for hydroxylation is 2. The number of nitrogens with one attached hydrogen (secondary N) is 1. The number of hydrogen-bond acceptors (Lipinski definition) is 3. The first-order valence-corrected chi connectivity index (χ1v) is 9.33. The standard InChI is InChI=1S/C19H26N2O2S/c1-5-6-15-7-9-16(10-8-15)18(13(2)3)20-17(22)11-21-14(4)12-24-19(21)23/h7-10,12-13,18H,5-6,11H2,1-4H3,(H,20,22). The van der Waals surface area contributed by atoms with Crippen molar-refractivity contribution in [1.82, 2.24) is 9.88 Å². The fourth-order valence-electron chi connectivity index (χ4n) is 2.77. The van der Waals surface area contributed by atoms with Gasteiger partial charge >= 0.3 is 4.87 Å². The lowest BCUT2D eigenvalue weighted by Crippen LogP contribution is -2.36. The maximum Gasteiger partial charge on any atom is 0.307 e. The van der Waals surface area contributed by atoms with Crippen LogP contribution in [0.5, 0.6) is 0 Å². The van der Waals surface area contributed by atoms with Crippen LogP contribution in [-0.2, 0) is 17.8 Å². The van der Waals surface area contributed by atoms with Gasteiger partial charge < -0.3 is 5.32 Å². The van der Waals surface area contributed by atoms with Crippen molar-refractivity contribution in [2.24, 2.45) is 5.92 Å². The average molecular weight is 346 g/mol. The monoisotopic (exact) mass is 346 g/mol.